The van der Waals surface area contributed by atoms with Crippen LogP contribution in [-0.2, 0) is 4.79 Å². The van der Waals surface area contributed by atoms with Crippen LogP contribution < -0.4 is 0 Å². The Morgan fingerprint density at radius 1 is 1.21 bits per heavy atom. The van der Waals surface area contributed by atoms with Crippen LogP contribution in [0.4, 0.5) is 0 Å². The molecule has 2 nitrogen and oxygen atoms in total. The van der Waals surface area contributed by atoms with Gasteiger partial charge in [0.2, 0.25) is 0 Å². The van der Waals surface area contributed by atoms with Crippen LogP contribution in [-0.4, -0.2) is 11.6 Å². The van der Waals surface area contributed by atoms with Gasteiger partial charge in [0.05, 0.1) is 5.71 Å². The summed E-state index contributed by atoms with van der Waals surface area (Å²) in [5, 5.41) is 0. The molecule has 0 N–H and O–H groups in total. The number of amides is 1. The monoisotopic (exact) mass is 187 g/mol. The highest BCUT2D eigenvalue weighted by atomic mass is 16.1. The number of dihydropyridines is 1. The molecular formula is C12H13NO. The Balaban J connectivity index is 2.52. The molecule has 1 aliphatic heterocycles. The van der Waals surface area contributed by atoms with Crippen molar-refractivity contribution in [3.05, 3.63) is 34.4 Å². The van der Waals surface area contributed by atoms with Crippen LogP contribution in [0, 0.1) is 0 Å². The van der Waals surface area contributed by atoms with Crippen LogP contribution in [0.15, 0.2) is 39.4 Å². The van der Waals surface area contributed by atoms with E-state index in [1.807, 2.05) is 6.92 Å². The van der Waals surface area contributed by atoms with E-state index < -0.39 is 0 Å². The number of nitrogens with zero attached hydrogens (tertiary/aromatic N) is 1. The second-order valence-electron chi connectivity index (χ2n) is 3.92. The molecule has 2 rings (SSSR count). The first-order valence-electron chi connectivity index (χ1n) is 4.76. The second kappa shape index (κ2) is 3.05. The molecule has 0 aromatic heterocycles. The number of carbonyl (C=O) groups is 1. The Bertz CT molecular complexity index is 433. The quantitative estimate of drug-likeness (QED) is 0.573. The number of hydrogen-bond donors (Lipinski definition) is 0. The molecule has 1 heterocycles. The maximum atomic E-state index is 11.2. The number of carbonyl (C=O) groups excluding carboxylic acids is 1. The molecule has 0 saturated heterocycles. The summed E-state index contributed by atoms with van der Waals surface area (Å²) in [7, 11) is 0. The van der Waals surface area contributed by atoms with E-state index in [0.29, 0.717) is 0 Å². The van der Waals surface area contributed by atoms with Gasteiger partial charge in [0, 0.05) is 12.5 Å². The topological polar surface area (TPSA) is 29.4 Å². The minimum Gasteiger partial charge on any atom is -0.267 e. The summed E-state index contributed by atoms with van der Waals surface area (Å²) >= 11 is 0. The number of aliphatic imine (C=N–C) groups is 1. The summed E-state index contributed by atoms with van der Waals surface area (Å²) in [6.07, 6.45) is 4.54. The van der Waals surface area contributed by atoms with Gasteiger partial charge < -0.3 is 0 Å². The first kappa shape index (κ1) is 9.13. The Labute approximate surface area is 83.7 Å². The van der Waals surface area contributed by atoms with Crippen LogP contribution in [0.25, 0.3) is 0 Å². The molecule has 2 heteroatoms. The van der Waals surface area contributed by atoms with E-state index in [1.165, 1.54) is 11.1 Å². The van der Waals surface area contributed by atoms with Crippen molar-refractivity contribution in [1.29, 1.82) is 0 Å². The maximum Gasteiger partial charge on any atom is 0.270 e. The van der Waals surface area contributed by atoms with Crippen LogP contribution in [0.2, 0.25) is 0 Å². The van der Waals surface area contributed by atoms with Gasteiger partial charge >= 0.3 is 0 Å². The first-order chi connectivity index (χ1) is 6.58. The van der Waals surface area contributed by atoms with E-state index in [-0.39, 0.29) is 5.91 Å². The molecule has 0 fully saturated rings. The van der Waals surface area contributed by atoms with Crippen LogP contribution >= 0.6 is 0 Å². The smallest absolute Gasteiger partial charge is 0.267 e. The molecule has 14 heavy (non-hydrogen) atoms. The fourth-order valence-electron chi connectivity index (χ4n) is 1.78. The standard InChI is InChI=1S/C12H13NO/c1-7-4-10-9(3)6-12(14)13-11(10)5-8(7)2/h4,6H,5H2,1-3H3. The summed E-state index contributed by atoms with van der Waals surface area (Å²) in [4.78, 5) is 15.2. The van der Waals surface area contributed by atoms with Crippen molar-refractivity contribution in [3.8, 4) is 0 Å². The van der Waals surface area contributed by atoms with Gasteiger partial charge in [-0.05, 0) is 38.0 Å². The number of rotatable bonds is 0. The fourth-order valence-corrected chi connectivity index (χ4v) is 1.78. The van der Waals surface area contributed by atoms with Gasteiger partial charge in [-0.1, -0.05) is 11.1 Å². The summed E-state index contributed by atoms with van der Waals surface area (Å²) in [6.45, 7) is 6.15. The molecule has 0 unspecified atom stereocenters. The van der Waals surface area contributed by atoms with E-state index in [2.05, 4.69) is 24.9 Å². The fraction of sp³-hybridized carbons (Fsp3) is 0.333. The van der Waals surface area contributed by atoms with Crippen molar-refractivity contribution in [2.45, 2.75) is 27.2 Å². The van der Waals surface area contributed by atoms with Gasteiger partial charge in [0.15, 0.2) is 0 Å². The van der Waals surface area contributed by atoms with Gasteiger partial charge in [-0.3, -0.25) is 4.79 Å². The van der Waals surface area contributed by atoms with E-state index in [1.54, 1.807) is 6.08 Å². The lowest BCUT2D eigenvalue weighted by Crippen LogP contribution is -2.16. The summed E-state index contributed by atoms with van der Waals surface area (Å²) in [5.74, 6) is -0.123. The molecular weight excluding hydrogens is 174 g/mol. The minimum absolute atomic E-state index is 0.123. The molecule has 1 amide bonds. The summed E-state index contributed by atoms with van der Waals surface area (Å²) in [6, 6.07) is 0. The Morgan fingerprint density at radius 2 is 1.93 bits per heavy atom. The van der Waals surface area contributed by atoms with Gasteiger partial charge in [-0.25, -0.2) is 4.99 Å². The van der Waals surface area contributed by atoms with Gasteiger partial charge in [-0.15, -0.1) is 0 Å². The Morgan fingerprint density at radius 3 is 2.64 bits per heavy atom. The highest BCUT2D eigenvalue weighted by Crippen LogP contribution is 2.28. The predicted octanol–water partition coefficient (Wildman–Crippen LogP) is 2.58. The highest BCUT2D eigenvalue weighted by molar-refractivity contribution is 6.16. The third-order valence-corrected chi connectivity index (χ3v) is 2.79. The average Bonchev–Trinajstić information content (AvgIpc) is 2.08. The van der Waals surface area contributed by atoms with Gasteiger partial charge in [0.1, 0.15) is 0 Å². The summed E-state index contributed by atoms with van der Waals surface area (Å²) in [5.41, 5.74) is 5.69. The molecule has 0 radical (unpaired) electrons. The minimum atomic E-state index is -0.123. The molecule has 1 aliphatic carbocycles. The van der Waals surface area contributed by atoms with Crippen molar-refractivity contribution >= 4 is 11.6 Å². The van der Waals surface area contributed by atoms with E-state index in [0.717, 1.165) is 23.3 Å². The second-order valence-corrected chi connectivity index (χ2v) is 3.92. The normalized spacial score (nSPS) is 21.4. The Hall–Kier alpha value is -1.44. The maximum absolute atomic E-state index is 11.2. The molecule has 0 saturated carbocycles. The lowest BCUT2D eigenvalue weighted by Gasteiger charge is -2.20. The number of allylic oxidation sites excluding steroid dienone is 5. The van der Waals surface area contributed by atoms with Crippen molar-refractivity contribution < 1.29 is 4.79 Å². The van der Waals surface area contributed by atoms with Crippen molar-refractivity contribution in [3.63, 3.8) is 0 Å². The van der Waals surface area contributed by atoms with E-state index in [9.17, 15) is 4.79 Å². The molecule has 0 atom stereocenters. The average molecular weight is 187 g/mol. The SMILES string of the molecule is CC1=CC(=O)N=C2CC(C)=C(C)C=C12. The van der Waals surface area contributed by atoms with Crippen LogP contribution in [0.3, 0.4) is 0 Å². The zero-order chi connectivity index (χ0) is 10.3. The molecule has 2 aliphatic rings. The molecule has 0 aromatic rings. The number of fused-ring (bicyclic) bond motifs is 1. The van der Waals surface area contributed by atoms with Crippen LogP contribution in [0.5, 0.6) is 0 Å². The zero-order valence-corrected chi connectivity index (χ0v) is 8.72. The highest BCUT2D eigenvalue weighted by Gasteiger charge is 2.20. The van der Waals surface area contributed by atoms with Gasteiger partial charge in [-0.2, -0.15) is 0 Å². The Kier molecular flexibility index (Phi) is 1.99. The lowest BCUT2D eigenvalue weighted by molar-refractivity contribution is -0.113. The summed E-state index contributed by atoms with van der Waals surface area (Å²) < 4.78 is 0. The van der Waals surface area contributed by atoms with Crippen molar-refractivity contribution in [2.75, 3.05) is 0 Å². The van der Waals surface area contributed by atoms with E-state index >= 15 is 0 Å². The predicted molar refractivity (Wildman–Crippen MR) is 57.3 cm³/mol. The molecule has 0 bridgehead atoms. The lowest BCUT2D eigenvalue weighted by atomic mass is 9.87. The van der Waals surface area contributed by atoms with Crippen molar-refractivity contribution in [1.82, 2.24) is 0 Å². The van der Waals surface area contributed by atoms with Gasteiger partial charge in [0.25, 0.3) is 5.91 Å². The largest absolute Gasteiger partial charge is 0.270 e. The molecule has 0 spiro atoms. The van der Waals surface area contributed by atoms with E-state index in [4.69, 9.17) is 0 Å². The first-order valence-corrected chi connectivity index (χ1v) is 4.76. The third-order valence-electron chi connectivity index (χ3n) is 2.79. The molecule has 0 aromatic carbocycles. The molecule has 72 valence electrons. The zero-order valence-electron chi connectivity index (χ0n) is 8.72. The number of hydrogen-bond acceptors (Lipinski definition) is 1. The van der Waals surface area contributed by atoms with Crippen molar-refractivity contribution in [2.24, 2.45) is 4.99 Å². The third kappa shape index (κ3) is 1.37. The van der Waals surface area contributed by atoms with Crippen LogP contribution in [0.1, 0.15) is 27.2 Å².